The second kappa shape index (κ2) is 13.7. The van der Waals surface area contributed by atoms with Crippen molar-refractivity contribution in [1.82, 2.24) is 10.3 Å². The van der Waals surface area contributed by atoms with Crippen LogP contribution in [-0.2, 0) is 19.1 Å². The number of nitrogens with one attached hydrogen (secondary N) is 1. The van der Waals surface area contributed by atoms with Gasteiger partial charge in [-0.2, -0.15) is 0 Å². The topological polar surface area (TPSA) is 161 Å². The van der Waals surface area contributed by atoms with E-state index in [0.29, 0.717) is 29.4 Å². The molecule has 0 saturated carbocycles. The molecule has 0 bridgehead atoms. The van der Waals surface area contributed by atoms with Crippen LogP contribution in [0.5, 0.6) is 0 Å². The van der Waals surface area contributed by atoms with Gasteiger partial charge in [0.25, 0.3) is 0 Å². The Balaban J connectivity index is 0.000000449. The third-order valence-electron chi connectivity index (χ3n) is 6.09. The average molecular weight is 534 g/mol. The number of carboxylic acid groups (broad SMARTS) is 2. The Morgan fingerprint density at radius 1 is 1.19 bits per heavy atom. The summed E-state index contributed by atoms with van der Waals surface area (Å²) in [4.78, 5) is 39.1. The van der Waals surface area contributed by atoms with Crippen molar-refractivity contribution in [2.75, 3.05) is 26.4 Å². The lowest BCUT2D eigenvalue weighted by Crippen LogP contribution is -2.56. The first-order valence-corrected chi connectivity index (χ1v) is 12.0. The molecule has 1 aliphatic heterocycles. The lowest BCUT2D eigenvalue weighted by Gasteiger charge is -2.45. The number of aliphatic carboxylic acids is 1. The molecule has 200 valence electrons. The van der Waals surface area contributed by atoms with Crippen LogP contribution in [0.25, 0.3) is 0 Å². The standard InChI is InChI=1S/C20H27ClN2O5.C6H5NO2/c1-4-28-18(24)16-15(11-27-10-9-22)23-12(2)20(3,19(25)26)17(16)13-7-5-6-8-14(13)21;8-6(9)5-2-1-3-7-4-5/h5-8,12,17,23H,4,9-11,22H2,1-3H3,(H,25,26);1-4H,(H,8,9). The lowest BCUT2D eigenvalue weighted by molar-refractivity contribution is -0.152. The monoisotopic (exact) mass is 533 g/mol. The van der Waals surface area contributed by atoms with Gasteiger partial charge < -0.3 is 30.7 Å². The maximum atomic E-state index is 12.9. The van der Waals surface area contributed by atoms with Crippen molar-refractivity contribution in [2.24, 2.45) is 11.1 Å². The summed E-state index contributed by atoms with van der Waals surface area (Å²) in [5.41, 5.74) is 5.63. The van der Waals surface area contributed by atoms with E-state index in [1.54, 1.807) is 51.1 Å². The Kier molecular flexibility index (Phi) is 11.0. The molecule has 1 aromatic heterocycles. The Hall–Kier alpha value is -3.47. The molecule has 3 atom stereocenters. The van der Waals surface area contributed by atoms with E-state index in [1.165, 1.54) is 18.5 Å². The maximum absolute atomic E-state index is 12.9. The lowest BCUT2D eigenvalue weighted by atomic mass is 9.63. The number of hydrogen-bond acceptors (Lipinski definition) is 8. The minimum absolute atomic E-state index is 0.0896. The van der Waals surface area contributed by atoms with Gasteiger partial charge in [0.15, 0.2) is 0 Å². The van der Waals surface area contributed by atoms with E-state index in [-0.39, 0.29) is 24.4 Å². The predicted octanol–water partition coefficient (Wildman–Crippen LogP) is 3.08. The summed E-state index contributed by atoms with van der Waals surface area (Å²) in [6.45, 7) is 5.96. The number of aromatic nitrogens is 1. The molecule has 0 spiro atoms. The number of nitrogens with zero attached hydrogens (tertiary/aromatic N) is 1. The van der Waals surface area contributed by atoms with Crippen molar-refractivity contribution in [3.63, 3.8) is 0 Å². The van der Waals surface area contributed by atoms with Gasteiger partial charge in [-0.25, -0.2) is 9.59 Å². The van der Waals surface area contributed by atoms with Crippen molar-refractivity contribution in [3.05, 3.63) is 76.2 Å². The normalized spacial score (nSPS) is 20.8. The van der Waals surface area contributed by atoms with E-state index in [2.05, 4.69) is 10.3 Å². The number of pyridine rings is 1. The van der Waals surface area contributed by atoms with Gasteiger partial charge in [0.05, 0.1) is 36.4 Å². The SMILES string of the molecule is CCOC(=O)C1=C(COCCN)NC(C)C(C)(C(=O)O)C1c1ccccc1Cl.O=C(O)c1cccnc1. The van der Waals surface area contributed by atoms with Crippen LogP contribution < -0.4 is 11.1 Å². The summed E-state index contributed by atoms with van der Waals surface area (Å²) in [6, 6.07) is 9.53. The van der Waals surface area contributed by atoms with Gasteiger partial charge in [-0.15, -0.1) is 0 Å². The number of carbonyl (C=O) groups is 3. The fourth-order valence-electron chi connectivity index (χ4n) is 4.03. The Morgan fingerprint density at radius 2 is 1.89 bits per heavy atom. The van der Waals surface area contributed by atoms with Gasteiger partial charge >= 0.3 is 17.9 Å². The molecule has 0 fully saturated rings. The van der Waals surface area contributed by atoms with Crippen molar-refractivity contribution in [1.29, 1.82) is 0 Å². The predicted molar refractivity (Wildman–Crippen MR) is 137 cm³/mol. The molecule has 3 unspecified atom stereocenters. The zero-order valence-electron chi connectivity index (χ0n) is 20.9. The molecule has 0 amide bonds. The smallest absolute Gasteiger partial charge is 0.337 e. The van der Waals surface area contributed by atoms with E-state index in [4.69, 9.17) is 31.9 Å². The summed E-state index contributed by atoms with van der Waals surface area (Å²) >= 11 is 6.42. The summed E-state index contributed by atoms with van der Waals surface area (Å²) in [5.74, 6) is -3.39. The van der Waals surface area contributed by atoms with Gasteiger partial charge in [-0.05, 0) is 44.5 Å². The van der Waals surface area contributed by atoms with E-state index < -0.39 is 35.3 Å². The molecule has 3 rings (SSSR count). The molecule has 2 aromatic rings. The van der Waals surface area contributed by atoms with E-state index in [0.717, 1.165) is 0 Å². The number of carbonyl (C=O) groups excluding carboxylic acids is 1. The van der Waals surface area contributed by atoms with Crippen LogP contribution in [0.2, 0.25) is 5.02 Å². The highest BCUT2D eigenvalue weighted by molar-refractivity contribution is 6.31. The maximum Gasteiger partial charge on any atom is 0.337 e. The zero-order chi connectivity index (χ0) is 27.6. The minimum Gasteiger partial charge on any atom is -0.481 e. The van der Waals surface area contributed by atoms with Gasteiger partial charge in [0.2, 0.25) is 0 Å². The van der Waals surface area contributed by atoms with Crippen molar-refractivity contribution in [2.45, 2.75) is 32.7 Å². The average Bonchev–Trinajstić information content (AvgIpc) is 2.87. The highest BCUT2D eigenvalue weighted by atomic mass is 35.5. The zero-order valence-corrected chi connectivity index (χ0v) is 21.7. The third-order valence-corrected chi connectivity index (χ3v) is 6.44. The van der Waals surface area contributed by atoms with Gasteiger partial charge in [0, 0.05) is 41.6 Å². The van der Waals surface area contributed by atoms with Gasteiger partial charge in [0.1, 0.15) is 0 Å². The number of rotatable bonds is 9. The summed E-state index contributed by atoms with van der Waals surface area (Å²) in [7, 11) is 0. The molecule has 5 N–H and O–H groups in total. The molecule has 0 aliphatic carbocycles. The first kappa shape index (κ1) is 29.8. The number of ether oxygens (including phenoxy) is 2. The molecular formula is C26H32ClN3O7. The van der Waals surface area contributed by atoms with Crippen molar-refractivity contribution in [3.8, 4) is 0 Å². The summed E-state index contributed by atoms with van der Waals surface area (Å²) in [5, 5.41) is 22.0. The van der Waals surface area contributed by atoms with E-state index >= 15 is 0 Å². The number of halogens is 1. The molecule has 37 heavy (non-hydrogen) atoms. The number of aromatic carboxylic acids is 1. The molecule has 1 aliphatic rings. The van der Waals surface area contributed by atoms with Crippen LogP contribution in [0.4, 0.5) is 0 Å². The van der Waals surface area contributed by atoms with Crippen molar-refractivity contribution < 1.29 is 34.1 Å². The number of carboxylic acids is 2. The van der Waals surface area contributed by atoms with Crippen LogP contribution in [0.15, 0.2) is 60.1 Å². The van der Waals surface area contributed by atoms with Gasteiger partial charge in [-0.3, -0.25) is 9.78 Å². The molecular weight excluding hydrogens is 502 g/mol. The highest BCUT2D eigenvalue weighted by Crippen LogP contribution is 2.49. The largest absolute Gasteiger partial charge is 0.481 e. The van der Waals surface area contributed by atoms with Crippen molar-refractivity contribution >= 4 is 29.5 Å². The van der Waals surface area contributed by atoms with Crippen LogP contribution >= 0.6 is 11.6 Å². The third kappa shape index (κ3) is 7.06. The van der Waals surface area contributed by atoms with E-state index in [1.807, 2.05) is 0 Å². The second-order valence-corrected chi connectivity index (χ2v) is 8.82. The Bertz CT molecular complexity index is 1130. The highest BCUT2D eigenvalue weighted by Gasteiger charge is 2.54. The summed E-state index contributed by atoms with van der Waals surface area (Å²) in [6.07, 6.45) is 2.84. The first-order chi connectivity index (χ1) is 17.6. The van der Waals surface area contributed by atoms with Gasteiger partial charge in [-0.1, -0.05) is 29.8 Å². The van der Waals surface area contributed by atoms with Crippen LogP contribution in [0, 0.1) is 5.41 Å². The molecule has 0 saturated heterocycles. The molecule has 10 nitrogen and oxygen atoms in total. The Labute approximate surface area is 220 Å². The van der Waals surface area contributed by atoms with Crippen LogP contribution in [-0.4, -0.2) is 65.5 Å². The summed E-state index contributed by atoms with van der Waals surface area (Å²) < 4.78 is 10.8. The Morgan fingerprint density at radius 3 is 2.41 bits per heavy atom. The first-order valence-electron chi connectivity index (χ1n) is 11.6. The second-order valence-electron chi connectivity index (χ2n) is 8.41. The minimum atomic E-state index is -1.34. The van der Waals surface area contributed by atoms with Crippen LogP contribution in [0.1, 0.15) is 42.6 Å². The molecule has 2 heterocycles. The van der Waals surface area contributed by atoms with E-state index in [9.17, 15) is 19.5 Å². The fourth-order valence-corrected chi connectivity index (χ4v) is 4.27. The van der Waals surface area contributed by atoms with Crippen LogP contribution in [0.3, 0.4) is 0 Å². The molecule has 0 radical (unpaired) electrons. The number of hydrogen-bond donors (Lipinski definition) is 4. The number of nitrogens with two attached hydrogens (primary N) is 1. The molecule has 1 aromatic carbocycles. The quantitative estimate of drug-likeness (QED) is 0.278. The number of benzene rings is 1. The number of esters is 1. The molecule has 11 heteroatoms. The fraction of sp³-hybridized carbons (Fsp3) is 0.385.